The van der Waals surface area contributed by atoms with Crippen LogP contribution in [-0.2, 0) is 28.5 Å². The molecule has 0 N–H and O–H groups in total. The van der Waals surface area contributed by atoms with Gasteiger partial charge in [0.15, 0.2) is 0 Å². The quantitative estimate of drug-likeness (QED) is 0.519. The Hall–Kier alpha value is -3.13. The van der Waals surface area contributed by atoms with E-state index in [-0.39, 0.29) is 0 Å². The zero-order chi connectivity index (χ0) is 22.5. The van der Waals surface area contributed by atoms with Gasteiger partial charge < -0.3 is 23.8 Å². The number of rotatable bonds is 5. The molecule has 1 aliphatic carbocycles. The van der Waals surface area contributed by atoms with Crippen molar-refractivity contribution in [3.05, 3.63) is 58.3 Å². The topological polar surface area (TPSA) is 91.4 Å². The van der Waals surface area contributed by atoms with Gasteiger partial charge in [0.1, 0.15) is 5.92 Å². The fraction of sp³-hybridized carbons (Fsp3) is 0.435. The van der Waals surface area contributed by atoms with Crippen LogP contribution < -0.4 is 0 Å². The van der Waals surface area contributed by atoms with Crippen LogP contribution in [0.25, 0.3) is 0 Å². The van der Waals surface area contributed by atoms with Crippen molar-refractivity contribution in [2.24, 2.45) is 5.92 Å². The molecule has 1 fully saturated rings. The molecule has 1 aromatic carbocycles. The lowest BCUT2D eigenvalue weighted by atomic mass is 9.73. The second kappa shape index (κ2) is 9.78. The fourth-order valence-corrected chi connectivity index (χ4v) is 4.17. The van der Waals surface area contributed by atoms with Gasteiger partial charge in [-0.3, -0.25) is 4.79 Å². The molecule has 0 spiro atoms. The second-order valence-corrected chi connectivity index (χ2v) is 7.35. The number of carbonyl (C=O) groups excluding carboxylic acids is 3. The van der Waals surface area contributed by atoms with Crippen LogP contribution in [0.2, 0.25) is 0 Å². The summed E-state index contributed by atoms with van der Waals surface area (Å²) in [7, 11) is 3.96. The predicted octanol–water partition coefficient (Wildman–Crippen LogP) is 2.07. The van der Waals surface area contributed by atoms with Crippen molar-refractivity contribution in [3.63, 3.8) is 0 Å². The zero-order valence-corrected chi connectivity index (χ0v) is 18.2. The standard InChI is InChI=1S/C23H27NO7/c1-14-13-17(24-9-11-31-12-10-24)20(23(27)30-4)19(18(14)22(26)29-3)15-5-7-16(8-6-15)21(25)28-2/h5-8,13,19-20H,9-12H2,1-4H3/t19-,20+/m0/s1. The first-order valence-electron chi connectivity index (χ1n) is 10.0. The molecule has 1 heterocycles. The Morgan fingerprint density at radius 2 is 1.55 bits per heavy atom. The third kappa shape index (κ3) is 4.49. The van der Waals surface area contributed by atoms with Gasteiger partial charge in [0.05, 0.1) is 40.1 Å². The molecule has 8 heteroatoms. The van der Waals surface area contributed by atoms with Crippen LogP contribution in [0.15, 0.2) is 47.2 Å². The van der Waals surface area contributed by atoms with Gasteiger partial charge in [0.2, 0.25) is 0 Å². The monoisotopic (exact) mass is 429 g/mol. The van der Waals surface area contributed by atoms with E-state index in [4.69, 9.17) is 18.9 Å². The Morgan fingerprint density at radius 3 is 2.10 bits per heavy atom. The smallest absolute Gasteiger partial charge is 0.337 e. The van der Waals surface area contributed by atoms with Crippen molar-refractivity contribution in [1.29, 1.82) is 0 Å². The van der Waals surface area contributed by atoms with Crippen molar-refractivity contribution >= 4 is 17.9 Å². The molecule has 2 atom stereocenters. The van der Waals surface area contributed by atoms with Gasteiger partial charge in [-0.2, -0.15) is 0 Å². The molecule has 3 rings (SSSR count). The van der Waals surface area contributed by atoms with E-state index >= 15 is 0 Å². The Balaban J connectivity index is 2.15. The summed E-state index contributed by atoms with van der Waals surface area (Å²) in [5.41, 5.74) is 2.96. The summed E-state index contributed by atoms with van der Waals surface area (Å²) >= 11 is 0. The molecule has 0 aromatic heterocycles. The molecule has 2 aliphatic rings. The van der Waals surface area contributed by atoms with Gasteiger partial charge in [-0.15, -0.1) is 0 Å². The van der Waals surface area contributed by atoms with Crippen LogP contribution in [0, 0.1) is 5.92 Å². The van der Waals surface area contributed by atoms with Crippen molar-refractivity contribution in [2.45, 2.75) is 12.8 Å². The zero-order valence-electron chi connectivity index (χ0n) is 18.2. The van der Waals surface area contributed by atoms with Crippen LogP contribution in [0.1, 0.15) is 28.8 Å². The fourth-order valence-electron chi connectivity index (χ4n) is 4.17. The maximum absolute atomic E-state index is 13.0. The maximum Gasteiger partial charge on any atom is 0.337 e. The predicted molar refractivity (Wildman–Crippen MR) is 111 cm³/mol. The van der Waals surface area contributed by atoms with Crippen molar-refractivity contribution in [3.8, 4) is 0 Å². The number of benzene rings is 1. The van der Waals surface area contributed by atoms with Crippen LogP contribution in [-0.4, -0.2) is 70.4 Å². The summed E-state index contributed by atoms with van der Waals surface area (Å²) in [5, 5.41) is 0. The lowest BCUT2D eigenvalue weighted by Gasteiger charge is -2.40. The van der Waals surface area contributed by atoms with E-state index in [9.17, 15) is 14.4 Å². The number of methoxy groups -OCH3 is 3. The highest BCUT2D eigenvalue weighted by atomic mass is 16.5. The highest BCUT2D eigenvalue weighted by molar-refractivity contribution is 5.95. The summed E-state index contributed by atoms with van der Waals surface area (Å²) < 4.78 is 20.4. The molecule has 1 aromatic rings. The Bertz CT molecular complexity index is 910. The minimum Gasteiger partial charge on any atom is -0.468 e. The molecule has 0 radical (unpaired) electrons. The van der Waals surface area contributed by atoms with Crippen LogP contribution in [0.3, 0.4) is 0 Å². The van der Waals surface area contributed by atoms with E-state index in [0.717, 1.165) is 11.3 Å². The number of carbonyl (C=O) groups is 3. The molecular formula is C23H27NO7. The SMILES string of the molecule is COC(=O)C1=C(C)C=C(N2CCOCC2)[C@@H](C(=O)OC)[C@H]1c1ccc(C(=O)OC)cc1. The average molecular weight is 429 g/mol. The van der Waals surface area contributed by atoms with E-state index in [1.165, 1.54) is 21.3 Å². The van der Waals surface area contributed by atoms with Gasteiger partial charge in [-0.1, -0.05) is 12.1 Å². The van der Waals surface area contributed by atoms with Gasteiger partial charge in [-0.05, 0) is 36.3 Å². The maximum atomic E-state index is 13.0. The van der Waals surface area contributed by atoms with Crippen molar-refractivity contribution in [1.82, 2.24) is 4.90 Å². The molecular weight excluding hydrogens is 402 g/mol. The van der Waals surface area contributed by atoms with Gasteiger partial charge in [-0.25, -0.2) is 9.59 Å². The number of hydrogen-bond donors (Lipinski definition) is 0. The highest BCUT2D eigenvalue weighted by Crippen LogP contribution is 2.44. The molecule has 0 bridgehead atoms. The van der Waals surface area contributed by atoms with Gasteiger partial charge >= 0.3 is 17.9 Å². The Morgan fingerprint density at radius 1 is 0.935 bits per heavy atom. The first-order valence-corrected chi connectivity index (χ1v) is 10.0. The number of morpholine rings is 1. The summed E-state index contributed by atoms with van der Waals surface area (Å²) in [6.45, 7) is 4.20. The third-order valence-electron chi connectivity index (χ3n) is 5.68. The number of allylic oxidation sites excluding steroid dienone is 2. The summed E-state index contributed by atoms with van der Waals surface area (Å²) in [6, 6.07) is 6.69. The molecule has 166 valence electrons. The normalized spacial score (nSPS) is 21.3. The first kappa shape index (κ1) is 22.6. The van der Waals surface area contributed by atoms with E-state index in [1.54, 1.807) is 24.3 Å². The van der Waals surface area contributed by atoms with Crippen LogP contribution in [0.5, 0.6) is 0 Å². The van der Waals surface area contributed by atoms with Gasteiger partial charge in [0, 0.05) is 30.3 Å². The lowest BCUT2D eigenvalue weighted by Crippen LogP contribution is -2.43. The largest absolute Gasteiger partial charge is 0.468 e. The van der Waals surface area contributed by atoms with E-state index in [1.807, 2.05) is 13.0 Å². The molecule has 1 aliphatic heterocycles. The van der Waals surface area contributed by atoms with Crippen LogP contribution >= 0.6 is 0 Å². The average Bonchev–Trinajstić information content (AvgIpc) is 2.82. The molecule has 0 saturated carbocycles. The molecule has 0 amide bonds. The highest BCUT2D eigenvalue weighted by Gasteiger charge is 2.44. The third-order valence-corrected chi connectivity index (χ3v) is 5.68. The number of esters is 3. The second-order valence-electron chi connectivity index (χ2n) is 7.35. The van der Waals surface area contributed by atoms with Gasteiger partial charge in [0.25, 0.3) is 0 Å². The Labute approximate surface area is 181 Å². The van der Waals surface area contributed by atoms with E-state index in [2.05, 4.69) is 4.90 Å². The first-order chi connectivity index (χ1) is 14.9. The number of hydrogen-bond acceptors (Lipinski definition) is 8. The molecule has 1 saturated heterocycles. The Kier molecular flexibility index (Phi) is 7.12. The van der Waals surface area contributed by atoms with Crippen molar-refractivity contribution in [2.75, 3.05) is 47.6 Å². The molecule has 8 nitrogen and oxygen atoms in total. The minimum absolute atomic E-state index is 0.376. The van der Waals surface area contributed by atoms with Crippen LogP contribution in [0.4, 0.5) is 0 Å². The lowest BCUT2D eigenvalue weighted by molar-refractivity contribution is -0.145. The minimum atomic E-state index is -0.745. The van der Waals surface area contributed by atoms with E-state index in [0.29, 0.717) is 43.0 Å². The summed E-state index contributed by atoms with van der Waals surface area (Å²) in [5.74, 6) is -2.80. The molecule has 0 unspecified atom stereocenters. The summed E-state index contributed by atoms with van der Waals surface area (Å²) in [6.07, 6.45) is 1.86. The van der Waals surface area contributed by atoms with E-state index < -0.39 is 29.7 Å². The number of ether oxygens (including phenoxy) is 4. The summed E-state index contributed by atoms with van der Waals surface area (Å²) in [4.78, 5) is 39.7. The molecule has 31 heavy (non-hydrogen) atoms. The number of nitrogens with zero attached hydrogens (tertiary/aromatic N) is 1. The van der Waals surface area contributed by atoms with Crippen molar-refractivity contribution < 1.29 is 33.3 Å².